The molecule has 1 atom stereocenters. The van der Waals surface area contributed by atoms with Gasteiger partial charge >= 0.3 is 0 Å². The van der Waals surface area contributed by atoms with Crippen LogP contribution >= 0.6 is 11.3 Å². The number of hydrogen-bond donors (Lipinski definition) is 3. The first-order valence-corrected chi connectivity index (χ1v) is 9.61. The zero-order valence-corrected chi connectivity index (χ0v) is 15.7. The summed E-state index contributed by atoms with van der Waals surface area (Å²) in [6.45, 7) is 0.0602. The fraction of sp³-hybridized carbons (Fsp3) is 0.143. The number of ether oxygens (including phenoxy) is 1. The molecule has 0 radical (unpaired) electrons. The van der Waals surface area contributed by atoms with Crippen molar-refractivity contribution in [3.8, 4) is 11.5 Å². The maximum atomic E-state index is 12.6. The number of anilines is 1. The number of benzene rings is 2. The maximum Gasteiger partial charge on any atom is 0.262 e. The molecule has 142 valence electrons. The van der Waals surface area contributed by atoms with E-state index in [9.17, 15) is 14.7 Å². The van der Waals surface area contributed by atoms with Crippen LogP contribution in [0.5, 0.6) is 11.5 Å². The number of phenolic OH excluding ortho intramolecular Hbond substituents is 1. The molecule has 0 fully saturated rings. The summed E-state index contributed by atoms with van der Waals surface area (Å²) < 4.78 is 5.64. The van der Waals surface area contributed by atoms with Crippen LogP contribution < -0.4 is 15.4 Å². The summed E-state index contributed by atoms with van der Waals surface area (Å²) in [6.07, 6.45) is 0.535. The van der Waals surface area contributed by atoms with Gasteiger partial charge in [-0.1, -0.05) is 30.3 Å². The maximum absolute atomic E-state index is 12.6. The van der Waals surface area contributed by atoms with Gasteiger partial charge < -0.3 is 20.5 Å². The third-order valence-electron chi connectivity index (χ3n) is 4.41. The highest BCUT2D eigenvalue weighted by atomic mass is 32.1. The van der Waals surface area contributed by atoms with Crippen LogP contribution in [-0.2, 0) is 11.2 Å². The first-order valence-electron chi connectivity index (χ1n) is 8.79. The average Bonchev–Trinajstić information content (AvgIpc) is 3.10. The van der Waals surface area contributed by atoms with Crippen LogP contribution in [0.4, 0.5) is 5.69 Å². The lowest BCUT2D eigenvalue weighted by atomic mass is 10.1. The molecule has 0 aliphatic carbocycles. The number of para-hydroxylation sites is 3. The number of thiophene rings is 1. The van der Waals surface area contributed by atoms with E-state index < -0.39 is 6.04 Å². The molecular formula is C21H18N2O4S. The van der Waals surface area contributed by atoms with E-state index in [0.29, 0.717) is 22.7 Å². The first kappa shape index (κ1) is 18.1. The number of carbonyl (C=O) groups is 2. The smallest absolute Gasteiger partial charge is 0.262 e. The summed E-state index contributed by atoms with van der Waals surface area (Å²) in [4.78, 5) is 26.4. The minimum absolute atomic E-state index is 0.0602. The van der Waals surface area contributed by atoms with E-state index in [-0.39, 0.29) is 24.2 Å². The standard InChI is InChI=1S/C21H18N2O4S/c24-17-7-3-1-5-13(17)11-14-9-10-19(28-14)21(26)23-16-12-27-18-8-4-2-6-15(18)22-20(16)25/h1-10,16,24H,11-12H2,(H,22,25)(H,23,26)/t16-/m0/s1. The Hall–Kier alpha value is -3.32. The van der Waals surface area contributed by atoms with E-state index in [2.05, 4.69) is 10.6 Å². The number of nitrogens with one attached hydrogen (secondary N) is 2. The van der Waals surface area contributed by atoms with Crippen molar-refractivity contribution >= 4 is 28.8 Å². The third-order valence-corrected chi connectivity index (χ3v) is 5.50. The van der Waals surface area contributed by atoms with Crippen LogP contribution in [0.3, 0.4) is 0 Å². The highest BCUT2D eigenvalue weighted by molar-refractivity contribution is 7.14. The second kappa shape index (κ2) is 7.74. The van der Waals surface area contributed by atoms with Gasteiger partial charge in [-0.3, -0.25) is 9.59 Å². The van der Waals surface area contributed by atoms with Gasteiger partial charge in [0.25, 0.3) is 11.8 Å². The lowest BCUT2D eigenvalue weighted by Gasteiger charge is -2.14. The van der Waals surface area contributed by atoms with E-state index in [1.54, 1.807) is 36.4 Å². The van der Waals surface area contributed by atoms with E-state index >= 15 is 0 Å². The van der Waals surface area contributed by atoms with Crippen molar-refractivity contribution < 1.29 is 19.4 Å². The lowest BCUT2D eigenvalue weighted by molar-refractivity contribution is -0.118. The topological polar surface area (TPSA) is 87.7 Å². The van der Waals surface area contributed by atoms with Crippen LogP contribution in [0, 0.1) is 0 Å². The van der Waals surface area contributed by atoms with E-state index in [1.165, 1.54) is 11.3 Å². The SMILES string of the molecule is O=C(N[C@H]1COc2ccccc2NC1=O)c1ccc(Cc2ccccc2O)s1. The molecule has 0 saturated heterocycles. The Morgan fingerprint density at radius 1 is 1.14 bits per heavy atom. The van der Waals surface area contributed by atoms with Crippen molar-refractivity contribution in [3.63, 3.8) is 0 Å². The molecule has 0 bridgehead atoms. The van der Waals surface area contributed by atoms with Gasteiger partial charge in [-0.15, -0.1) is 11.3 Å². The quantitative estimate of drug-likeness (QED) is 0.634. The molecule has 0 spiro atoms. The summed E-state index contributed by atoms with van der Waals surface area (Å²) >= 11 is 1.33. The van der Waals surface area contributed by atoms with Crippen LogP contribution in [0.15, 0.2) is 60.7 Å². The Morgan fingerprint density at radius 2 is 1.93 bits per heavy atom. The zero-order chi connectivity index (χ0) is 19.5. The molecule has 1 aliphatic rings. The molecule has 2 aromatic carbocycles. The second-order valence-corrected chi connectivity index (χ2v) is 7.56. The number of amides is 2. The molecule has 2 amide bonds. The van der Waals surface area contributed by atoms with Crippen LogP contribution in [0.25, 0.3) is 0 Å². The van der Waals surface area contributed by atoms with Gasteiger partial charge in [0.1, 0.15) is 24.1 Å². The van der Waals surface area contributed by atoms with E-state index in [0.717, 1.165) is 10.4 Å². The van der Waals surface area contributed by atoms with Crippen LogP contribution in [0.1, 0.15) is 20.1 Å². The Kier molecular flexibility index (Phi) is 4.99. The number of aromatic hydroxyl groups is 1. The van der Waals surface area contributed by atoms with E-state index in [4.69, 9.17) is 4.74 Å². The second-order valence-electron chi connectivity index (χ2n) is 6.39. The van der Waals surface area contributed by atoms with Crippen LogP contribution in [0.2, 0.25) is 0 Å². The Morgan fingerprint density at radius 3 is 2.79 bits per heavy atom. The highest BCUT2D eigenvalue weighted by Crippen LogP contribution is 2.27. The molecule has 4 rings (SSSR count). The fourth-order valence-electron chi connectivity index (χ4n) is 2.94. The van der Waals surface area contributed by atoms with Crippen molar-refractivity contribution in [1.29, 1.82) is 0 Å². The average molecular weight is 394 g/mol. The number of phenols is 1. The van der Waals surface area contributed by atoms with Gasteiger partial charge in [0.05, 0.1) is 10.6 Å². The van der Waals surface area contributed by atoms with Gasteiger partial charge in [0, 0.05) is 11.3 Å². The van der Waals surface area contributed by atoms with Crippen LogP contribution in [-0.4, -0.2) is 29.6 Å². The molecule has 28 heavy (non-hydrogen) atoms. The van der Waals surface area contributed by atoms with E-state index in [1.807, 2.05) is 24.3 Å². The van der Waals surface area contributed by atoms with Gasteiger partial charge in [-0.25, -0.2) is 0 Å². The summed E-state index contributed by atoms with van der Waals surface area (Å²) in [6, 6.07) is 17.0. The summed E-state index contributed by atoms with van der Waals surface area (Å²) in [7, 11) is 0. The van der Waals surface area contributed by atoms with Gasteiger partial charge in [0.2, 0.25) is 0 Å². The minimum Gasteiger partial charge on any atom is -0.508 e. The minimum atomic E-state index is -0.788. The van der Waals surface area contributed by atoms with Gasteiger partial charge in [-0.2, -0.15) is 0 Å². The third kappa shape index (κ3) is 3.84. The zero-order valence-electron chi connectivity index (χ0n) is 14.8. The summed E-state index contributed by atoms with van der Waals surface area (Å²) in [5.41, 5.74) is 1.39. The lowest BCUT2D eigenvalue weighted by Crippen LogP contribution is -2.46. The number of rotatable bonds is 4. The molecule has 3 aromatic rings. The predicted octanol–water partition coefficient (Wildman–Crippen LogP) is 3.17. The summed E-state index contributed by atoms with van der Waals surface area (Å²) in [5.74, 6) is 0.162. The molecule has 1 aliphatic heterocycles. The van der Waals surface area contributed by atoms with Crippen molar-refractivity contribution in [3.05, 3.63) is 76.0 Å². The molecule has 1 aromatic heterocycles. The van der Waals surface area contributed by atoms with Crippen molar-refractivity contribution in [2.75, 3.05) is 11.9 Å². The van der Waals surface area contributed by atoms with Gasteiger partial charge in [0.15, 0.2) is 0 Å². The fourth-order valence-corrected chi connectivity index (χ4v) is 3.88. The van der Waals surface area contributed by atoms with Gasteiger partial charge in [-0.05, 0) is 35.9 Å². The molecule has 7 heteroatoms. The number of hydrogen-bond acceptors (Lipinski definition) is 5. The molecule has 0 saturated carbocycles. The molecule has 2 heterocycles. The predicted molar refractivity (Wildman–Crippen MR) is 107 cm³/mol. The number of fused-ring (bicyclic) bond motifs is 1. The largest absolute Gasteiger partial charge is 0.508 e. The normalized spacial score (nSPS) is 15.7. The molecule has 3 N–H and O–H groups in total. The van der Waals surface area contributed by atoms with Crippen molar-refractivity contribution in [2.45, 2.75) is 12.5 Å². The summed E-state index contributed by atoms with van der Waals surface area (Å²) in [5, 5.41) is 15.4. The van der Waals surface area contributed by atoms with Crippen molar-refractivity contribution in [1.82, 2.24) is 5.32 Å². The molecular weight excluding hydrogens is 376 g/mol. The monoisotopic (exact) mass is 394 g/mol. The Balaban J connectivity index is 1.42. The Labute approximate surface area is 165 Å². The highest BCUT2D eigenvalue weighted by Gasteiger charge is 2.27. The van der Waals surface area contributed by atoms with Crippen molar-refractivity contribution in [2.24, 2.45) is 0 Å². The first-order chi connectivity index (χ1) is 13.6. The Bertz CT molecular complexity index is 1030. The molecule has 6 nitrogen and oxygen atoms in total. The molecule has 0 unspecified atom stereocenters. The number of carbonyl (C=O) groups excluding carboxylic acids is 2.